The Bertz CT molecular complexity index is 228. The Balaban J connectivity index is 1.64. The molecule has 1 N–H and O–H groups in total. The van der Waals surface area contributed by atoms with E-state index in [1.54, 1.807) is 0 Å². The molecule has 0 bridgehead atoms. The van der Waals surface area contributed by atoms with E-state index >= 15 is 0 Å². The minimum Gasteiger partial charge on any atom is -0.378 e. The molecule has 2 fully saturated rings. The van der Waals surface area contributed by atoms with E-state index in [4.69, 9.17) is 9.47 Å². The maximum Gasteiger partial charge on any atom is 0.0666 e. The number of hydrogen-bond acceptors (Lipinski definition) is 3. The Kier molecular flexibility index (Phi) is 4.83. The summed E-state index contributed by atoms with van der Waals surface area (Å²) in [5.41, 5.74) is 0.0970. The van der Waals surface area contributed by atoms with E-state index in [0.29, 0.717) is 12.1 Å². The molecule has 0 aromatic heterocycles. The van der Waals surface area contributed by atoms with Crippen molar-refractivity contribution in [3.63, 3.8) is 0 Å². The van der Waals surface area contributed by atoms with Crippen LogP contribution in [0.15, 0.2) is 0 Å². The highest BCUT2D eigenvalue weighted by Crippen LogP contribution is 2.27. The van der Waals surface area contributed by atoms with Gasteiger partial charge in [-0.1, -0.05) is 6.92 Å². The van der Waals surface area contributed by atoms with Crippen molar-refractivity contribution in [1.82, 2.24) is 5.32 Å². The lowest BCUT2D eigenvalue weighted by molar-refractivity contribution is -0.0780. The summed E-state index contributed by atoms with van der Waals surface area (Å²) in [4.78, 5) is 0. The zero-order valence-electron chi connectivity index (χ0n) is 11.3. The van der Waals surface area contributed by atoms with Crippen LogP contribution in [0.1, 0.15) is 52.4 Å². The largest absolute Gasteiger partial charge is 0.378 e. The van der Waals surface area contributed by atoms with Crippen molar-refractivity contribution < 1.29 is 9.47 Å². The summed E-state index contributed by atoms with van der Waals surface area (Å²) in [6, 6.07) is 0.634. The molecule has 3 nitrogen and oxygen atoms in total. The van der Waals surface area contributed by atoms with Crippen LogP contribution in [0.5, 0.6) is 0 Å². The number of hydrogen-bond donors (Lipinski definition) is 1. The van der Waals surface area contributed by atoms with Gasteiger partial charge in [-0.05, 0) is 52.0 Å². The van der Waals surface area contributed by atoms with Gasteiger partial charge in [0.2, 0.25) is 0 Å². The van der Waals surface area contributed by atoms with Gasteiger partial charge in [-0.15, -0.1) is 0 Å². The fourth-order valence-corrected chi connectivity index (χ4v) is 2.87. The predicted octanol–water partition coefficient (Wildman–Crippen LogP) is 2.49. The topological polar surface area (TPSA) is 30.5 Å². The van der Waals surface area contributed by atoms with Crippen LogP contribution in [-0.4, -0.2) is 37.5 Å². The first-order valence-electron chi connectivity index (χ1n) is 7.21. The fraction of sp³-hybridized carbons (Fsp3) is 1.00. The molecule has 2 aliphatic rings. The number of ether oxygens (including phenoxy) is 2. The van der Waals surface area contributed by atoms with Gasteiger partial charge < -0.3 is 14.8 Å². The lowest BCUT2D eigenvalue weighted by Crippen LogP contribution is -2.45. The van der Waals surface area contributed by atoms with Gasteiger partial charge in [-0.25, -0.2) is 0 Å². The van der Waals surface area contributed by atoms with Gasteiger partial charge in [0.15, 0.2) is 0 Å². The summed E-state index contributed by atoms with van der Waals surface area (Å²) in [6.07, 6.45) is 7.59. The summed E-state index contributed by atoms with van der Waals surface area (Å²) >= 11 is 0. The zero-order valence-corrected chi connectivity index (χ0v) is 11.3. The van der Waals surface area contributed by atoms with Crippen molar-refractivity contribution in [2.45, 2.75) is 70.1 Å². The fourth-order valence-electron chi connectivity index (χ4n) is 2.87. The normalized spacial score (nSPS) is 38.5. The van der Waals surface area contributed by atoms with Crippen LogP contribution in [-0.2, 0) is 9.47 Å². The molecule has 0 amide bonds. The molecule has 2 saturated heterocycles. The van der Waals surface area contributed by atoms with Gasteiger partial charge in [-0.3, -0.25) is 0 Å². The Labute approximate surface area is 105 Å². The molecule has 17 heavy (non-hydrogen) atoms. The second-order valence-electron chi connectivity index (χ2n) is 5.72. The molecule has 3 heteroatoms. The van der Waals surface area contributed by atoms with E-state index in [1.165, 1.54) is 19.3 Å². The van der Waals surface area contributed by atoms with Crippen LogP contribution in [0.2, 0.25) is 0 Å². The van der Waals surface area contributed by atoms with Crippen LogP contribution in [0.4, 0.5) is 0 Å². The second kappa shape index (κ2) is 6.17. The Morgan fingerprint density at radius 2 is 2.18 bits per heavy atom. The van der Waals surface area contributed by atoms with Crippen molar-refractivity contribution >= 4 is 0 Å². The van der Waals surface area contributed by atoms with E-state index in [1.807, 2.05) is 0 Å². The zero-order chi connectivity index (χ0) is 12.1. The monoisotopic (exact) mass is 241 g/mol. The highest BCUT2D eigenvalue weighted by Gasteiger charge is 2.31. The predicted molar refractivity (Wildman–Crippen MR) is 69.3 cm³/mol. The highest BCUT2D eigenvalue weighted by molar-refractivity contribution is 4.85. The molecule has 100 valence electrons. The third-order valence-electron chi connectivity index (χ3n) is 4.27. The first kappa shape index (κ1) is 13.3. The van der Waals surface area contributed by atoms with Gasteiger partial charge >= 0.3 is 0 Å². The minimum absolute atomic E-state index is 0.0970. The molecule has 3 unspecified atom stereocenters. The average molecular weight is 241 g/mol. The van der Waals surface area contributed by atoms with E-state index < -0.39 is 0 Å². The first-order chi connectivity index (χ1) is 8.22. The molecule has 0 saturated carbocycles. The van der Waals surface area contributed by atoms with Crippen molar-refractivity contribution in [3.8, 4) is 0 Å². The standard InChI is InChI=1S/C14H27NO2/c1-3-14(2)11-12(7-10-17-14)15-8-6-13-5-4-9-16-13/h12-13,15H,3-11H2,1-2H3. The summed E-state index contributed by atoms with van der Waals surface area (Å²) in [6.45, 7) is 7.42. The first-order valence-corrected chi connectivity index (χ1v) is 7.21. The molecular weight excluding hydrogens is 214 g/mol. The smallest absolute Gasteiger partial charge is 0.0666 e. The van der Waals surface area contributed by atoms with Crippen LogP contribution in [0, 0.1) is 0 Å². The highest BCUT2D eigenvalue weighted by atomic mass is 16.5. The summed E-state index contributed by atoms with van der Waals surface area (Å²) in [7, 11) is 0. The molecule has 0 aromatic carbocycles. The maximum absolute atomic E-state index is 5.86. The van der Waals surface area contributed by atoms with Gasteiger partial charge in [0.25, 0.3) is 0 Å². The number of nitrogens with one attached hydrogen (secondary N) is 1. The van der Waals surface area contributed by atoms with Gasteiger partial charge in [0.05, 0.1) is 11.7 Å². The van der Waals surface area contributed by atoms with E-state index in [0.717, 1.165) is 39.0 Å². The van der Waals surface area contributed by atoms with E-state index in [-0.39, 0.29) is 5.60 Å². The van der Waals surface area contributed by atoms with Crippen LogP contribution < -0.4 is 5.32 Å². The van der Waals surface area contributed by atoms with Crippen molar-refractivity contribution in [2.24, 2.45) is 0 Å². The lowest BCUT2D eigenvalue weighted by atomic mass is 9.90. The van der Waals surface area contributed by atoms with E-state index in [2.05, 4.69) is 19.2 Å². The van der Waals surface area contributed by atoms with E-state index in [9.17, 15) is 0 Å². The van der Waals surface area contributed by atoms with Crippen LogP contribution in [0.25, 0.3) is 0 Å². The Morgan fingerprint density at radius 3 is 2.88 bits per heavy atom. The molecular formula is C14H27NO2. The van der Waals surface area contributed by atoms with Gasteiger partial charge in [-0.2, -0.15) is 0 Å². The number of rotatable bonds is 5. The quantitative estimate of drug-likeness (QED) is 0.802. The maximum atomic E-state index is 5.86. The van der Waals surface area contributed by atoms with Gasteiger partial charge in [0, 0.05) is 19.3 Å². The SMILES string of the molecule is CCC1(C)CC(NCCC2CCCO2)CCO1. The lowest BCUT2D eigenvalue weighted by Gasteiger charge is -2.38. The van der Waals surface area contributed by atoms with Crippen LogP contribution in [0.3, 0.4) is 0 Å². The van der Waals surface area contributed by atoms with Crippen molar-refractivity contribution in [3.05, 3.63) is 0 Å². The molecule has 3 atom stereocenters. The van der Waals surface area contributed by atoms with Crippen molar-refractivity contribution in [2.75, 3.05) is 19.8 Å². The molecule has 2 rings (SSSR count). The van der Waals surface area contributed by atoms with Crippen molar-refractivity contribution in [1.29, 1.82) is 0 Å². The average Bonchev–Trinajstić information content (AvgIpc) is 2.82. The van der Waals surface area contributed by atoms with Crippen LogP contribution >= 0.6 is 0 Å². The molecule has 0 spiro atoms. The summed E-state index contributed by atoms with van der Waals surface area (Å²) in [5.74, 6) is 0. The third-order valence-corrected chi connectivity index (χ3v) is 4.27. The molecule has 0 aliphatic carbocycles. The summed E-state index contributed by atoms with van der Waals surface area (Å²) < 4.78 is 11.5. The summed E-state index contributed by atoms with van der Waals surface area (Å²) in [5, 5.41) is 3.68. The molecule has 2 heterocycles. The third kappa shape index (κ3) is 3.94. The van der Waals surface area contributed by atoms with Gasteiger partial charge in [0.1, 0.15) is 0 Å². The second-order valence-corrected chi connectivity index (χ2v) is 5.72. The Hall–Kier alpha value is -0.120. The molecule has 2 aliphatic heterocycles. The molecule has 0 radical (unpaired) electrons. The Morgan fingerprint density at radius 1 is 1.29 bits per heavy atom. The molecule has 0 aromatic rings. The minimum atomic E-state index is 0.0970.